The lowest BCUT2D eigenvalue weighted by Gasteiger charge is -2.09. The fourth-order valence-electron chi connectivity index (χ4n) is 3.38. The Balaban J connectivity index is 1.48. The van der Waals surface area contributed by atoms with Crippen molar-refractivity contribution in [2.24, 2.45) is 0 Å². The van der Waals surface area contributed by atoms with Gasteiger partial charge in [-0.05, 0) is 61.0 Å². The molecule has 2 aromatic heterocycles. The Hall–Kier alpha value is -3.84. The quantitative estimate of drug-likeness (QED) is 0.340. The van der Waals surface area contributed by atoms with Crippen molar-refractivity contribution in [1.29, 1.82) is 0 Å². The van der Waals surface area contributed by atoms with Crippen molar-refractivity contribution in [2.45, 2.75) is 13.3 Å². The number of methoxy groups -OCH3 is 1. The van der Waals surface area contributed by atoms with E-state index in [2.05, 4.69) is 20.7 Å². The number of amides is 1. The summed E-state index contributed by atoms with van der Waals surface area (Å²) in [5.41, 5.74) is 3.87. The lowest BCUT2D eigenvalue weighted by atomic mass is 10.1. The molecular weight excluding hydrogens is 438 g/mol. The van der Waals surface area contributed by atoms with Gasteiger partial charge in [0.05, 0.1) is 19.3 Å². The highest BCUT2D eigenvalue weighted by atomic mass is 35.5. The van der Waals surface area contributed by atoms with E-state index >= 15 is 0 Å². The second-order valence-corrected chi connectivity index (χ2v) is 7.73. The second-order valence-electron chi connectivity index (χ2n) is 7.29. The fourth-order valence-corrected chi connectivity index (χ4v) is 3.57. The van der Waals surface area contributed by atoms with Crippen LogP contribution in [-0.4, -0.2) is 34.2 Å². The first-order valence-corrected chi connectivity index (χ1v) is 10.9. The number of carbonyl (C=O) groups excluding carboxylic acids is 1. The van der Waals surface area contributed by atoms with Crippen molar-refractivity contribution >= 4 is 34.8 Å². The van der Waals surface area contributed by atoms with Crippen molar-refractivity contribution in [3.8, 4) is 11.3 Å². The smallest absolute Gasteiger partial charge is 0.251 e. The predicted octanol–water partition coefficient (Wildman–Crippen LogP) is 5.46. The fraction of sp³-hybridized carbons (Fsp3) is 0.160. The van der Waals surface area contributed by atoms with Gasteiger partial charge < -0.3 is 15.4 Å². The molecule has 168 valence electrons. The third-order valence-electron chi connectivity index (χ3n) is 5.00. The number of hydrogen-bond acceptors (Lipinski definition) is 5. The summed E-state index contributed by atoms with van der Waals surface area (Å²) in [7, 11) is 1.60. The number of ether oxygens (including phenoxy) is 1. The Labute approximate surface area is 197 Å². The molecule has 4 aromatic rings. The van der Waals surface area contributed by atoms with Gasteiger partial charge in [0.1, 0.15) is 5.76 Å². The average Bonchev–Trinajstić information content (AvgIpc) is 3.24. The van der Waals surface area contributed by atoms with Crippen LogP contribution in [0.5, 0.6) is 0 Å². The summed E-state index contributed by atoms with van der Waals surface area (Å²) in [5.74, 6) is 1.02. The molecule has 0 spiro atoms. The van der Waals surface area contributed by atoms with E-state index in [0.29, 0.717) is 28.7 Å². The summed E-state index contributed by atoms with van der Waals surface area (Å²) in [6.07, 6.45) is 2.78. The molecule has 0 radical (unpaired) electrons. The number of fused-ring (bicyclic) bond motifs is 1. The molecule has 7 nitrogen and oxygen atoms in total. The number of aromatic nitrogens is 3. The Morgan fingerprint density at radius 2 is 1.91 bits per heavy atom. The first kappa shape index (κ1) is 22.4. The van der Waals surface area contributed by atoms with E-state index in [1.807, 2.05) is 67.6 Å². The summed E-state index contributed by atoms with van der Waals surface area (Å²) in [4.78, 5) is 17.0. The number of nitrogens with one attached hydrogen (secondary N) is 2. The van der Waals surface area contributed by atoms with Crippen LogP contribution >= 0.6 is 11.6 Å². The van der Waals surface area contributed by atoms with Gasteiger partial charge in [0.15, 0.2) is 5.65 Å². The highest BCUT2D eigenvalue weighted by Crippen LogP contribution is 2.24. The van der Waals surface area contributed by atoms with E-state index in [0.717, 1.165) is 29.1 Å². The third-order valence-corrected chi connectivity index (χ3v) is 5.24. The van der Waals surface area contributed by atoms with Gasteiger partial charge >= 0.3 is 0 Å². The molecule has 0 saturated heterocycles. The number of hydrogen-bond donors (Lipinski definition) is 2. The molecule has 0 aliphatic rings. The van der Waals surface area contributed by atoms with Crippen LogP contribution in [0.1, 0.15) is 23.7 Å². The standard InChI is InChI=1S/C25H24ClN5O2/c1-3-6-21(33-2)16-27-24(32)17-11-13-20(14-12-17)28-25-29-23-10-5-9-22(31(23)30-25)18-7-4-8-19(26)15-18/h4-15H,3,16H2,1-2H3,(H,27,32)(H,28,30)/b21-6-. The summed E-state index contributed by atoms with van der Waals surface area (Å²) < 4.78 is 7.01. The lowest BCUT2D eigenvalue weighted by molar-refractivity contribution is 0.0950. The van der Waals surface area contributed by atoms with E-state index in [-0.39, 0.29) is 5.91 Å². The van der Waals surface area contributed by atoms with Gasteiger partial charge in [-0.1, -0.05) is 36.7 Å². The highest BCUT2D eigenvalue weighted by molar-refractivity contribution is 6.30. The maximum absolute atomic E-state index is 12.4. The molecule has 8 heteroatoms. The first-order chi connectivity index (χ1) is 16.1. The molecule has 0 unspecified atom stereocenters. The molecule has 2 aromatic carbocycles. The summed E-state index contributed by atoms with van der Waals surface area (Å²) in [6, 6.07) is 20.5. The van der Waals surface area contributed by atoms with Crippen molar-refractivity contribution in [3.63, 3.8) is 0 Å². The number of carbonyl (C=O) groups is 1. The minimum Gasteiger partial charge on any atom is -0.500 e. The molecule has 2 heterocycles. The topological polar surface area (TPSA) is 80.6 Å². The summed E-state index contributed by atoms with van der Waals surface area (Å²) >= 11 is 6.15. The van der Waals surface area contributed by atoms with Crippen LogP contribution < -0.4 is 10.6 Å². The van der Waals surface area contributed by atoms with Crippen LogP contribution in [0.15, 0.2) is 78.6 Å². The van der Waals surface area contributed by atoms with Gasteiger partial charge in [0, 0.05) is 21.8 Å². The van der Waals surface area contributed by atoms with Gasteiger partial charge in [-0.2, -0.15) is 4.98 Å². The molecule has 0 atom stereocenters. The molecule has 33 heavy (non-hydrogen) atoms. The maximum atomic E-state index is 12.4. The Bertz CT molecular complexity index is 1300. The first-order valence-electron chi connectivity index (χ1n) is 10.6. The lowest BCUT2D eigenvalue weighted by Crippen LogP contribution is -2.26. The largest absolute Gasteiger partial charge is 0.500 e. The molecule has 2 N–H and O–H groups in total. The van der Waals surface area contributed by atoms with Crippen LogP contribution in [0, 0.1) is 0 Å². The molecule has 0 aliphatic heterocycles. The number of pyridine rings is 1. The highest BCUT2D eigenvalue weighted by Gasteiger charge is 2.11. The molecule has 0 fully saturated rings. The van der Waals surface area contributed by atoms with E-state index in [4.69, 9.17) is 16.3 Å². The number of rotatable bonds is 8. The van der Waals surface area contributed by atoms with Crippen molar-refractivity contribution in [1.82, 2.24) is 19.9 Å². The minimum absolute atomic E-state index is 0.169. The molecule has 0 saturated carbocycles. The molecule has 0 bridgehead atoms. The number of allylic oxidation sites excluding steroid dienone is 1. The number of benzene rings is 2. The van der Waals surface area contributed by atoms with Crippen LogP contribution in [0.3, 0.4) is 0 Å². The Kier molecular flexibility index (Phi) is 6.90. The zero-order valence-electron chi connectivity index (χ0n) is 18.4. The van der Waals surface area contributed by atoms with Gasteiger partial charge in [-0.25, -0.2) is 4.52 Å². The summed E-state index contributed by atoms with van der Waals surface area (Å²) in [5, 5.41) is 11.3. The van der Waals surface area contributed by atoms with Crippen LogP contribution in [0.4, 0.5) is 11.6 Å². The van der Waals surface area contributed by atoms with Crippen molar-refractivity contribution < 1.29 is 9.53 Å². The maximum Gasteiger partial charge on any atom is 0.251 e. The average molecular weight is 462 g/mol. The van der Waals surface area contributed by atoms with Gasteiger partial charge in [-0.3, -0.25) is 4.79 Å². The van der Waals surface area contributed by atoms with E-state index in [1.165, 1.54) is 0 Å². The third kappa shape index (κ3) is 5.32. The Morgan fingerprint density at radius 1 is 1.12 bits per heavy atom. The Morgan fingerprint density at radius 3 is 2.64 bits per heavy atom. The zero-order chi connectivity index (χ0) is 23.2. The number of halogens is 1. The monoisotopic (exact) mass is 461 g/mol. The van der Waals surface area contributed by atoms with Crippen molar-refractivity contribution in [3.05, 3.63) is 89.2 Å². The molecule has 4 rings (SSSR count). The molecular formula is C25H24ClN5O2. The van der Waals surface area contributed by atoms with E-state index in [1.54, 1.807) is 23.8 Å². The van der Waals surface area contributed by atoms with Gasteiger partial charge in [0.25, 0.3) is 5.91 Å². The van der Waals surface area contributed by atoms with Crippen molar-refractivity contribution in [2.75, 3.05) is 19.0 Å². The zero-order valence-corrected chi connectivity index (χ0v) is 19.1. The minimum atomic E-state index is -0.169. The predicted molar refractivity (Wildman–Crippen MR) is 131 cm³/mol. The van der Waals surface area contributed by atoms with E-state index in [9.17, 15) is 4.79 Å². The van der Waals surface area contributed by atoms with E-state index < -0.39 is 0 Å². The molecule has 1 amide bonds. The SMILES string of the molecule is CC/C=C(/CNC(=O)c1ccc(Nc2nc3cccc(-c4cccc(Cl)c4)n3n2)cc1)OC. The van der Waals surface area contributed by atoms with Crippen LogP contribution in [0.25, 0.3) is 16.9 Å². The van der Waals surface area contributed by atoms with Crippen LogP contribution in [-0.2, 0) is 4.74 Å². The normalized spacial score (nSPS) is 11.4. The second kappa shape index (κ2) is 10.2. The molecule has 0 aliphatic carbocycles. The summed E-state index contributed by atoms with van der Waals surface area (Å²) in [6.45, 7) is 2.37. The van der Waals surface area contributed by atoms with Gasteiger partial charge in [0.2, 0.25) is 5.95 Å². The van der Waals surface area contributed by atoms with Gasteiger partial charge in [-0.15, -0.1) is 5.10 Å². The number of anilines is 2. The van der Waals surface area contributed by atoms with Crippen LogP contribution in [0.2, 0.25) is 5.02 Å². The number of nitrogens with zero attached hydrogens (tertiary/aromatic N) is 3.